The van der Waals surface area contributed by atoms with E-state index in [0.29, 0.717) is 11.8 Å². The lowest BCUT2D eigenvalue weighted by atomic mass is 10.0. The van der Waals surface area contributed by atoms with Crippen LogP contribution >= 0.6 is 11.5 Å². The van der Waals surface area contributed by atoms with Crippen molar-refractivity contribution < 1.29 is 4.79 Å². The quantitative estimate of drug-likeness (QED) is 0.260. The second-order valence-electron chi connectivity index (χ2n) is 8.28. The maximum Gasteiger partial charge on any atom is 0.275 e. The van der Waals surface area contributed by atoms with E-state index >= 15 is 0 Å². The summed E-state index contributed by atoms with van der Waals surface area (Å²) < 4.78 is 2.23. The second kappa shape index (κ2) is 14.5. The summed E-state index contributed by atoms with van der Waals surface area (Å²) in [4.78, 5) is 24.6. The van der Waals surface area contributed by atoms with Gasteiger partial charge in [0.15, 0.2) is 0 Å². The van der Waals surface area contributed by atoms with Gasteiger partial charge in [0.1, 0.15) is 0 Å². The minimum absolute atomic E-state index is 0.0501. The number of aromatic nitrogens is 1. The van der Waals surface area contributed by atoms with Crippen molar-refractivity contribution in [3.63, 3.8) is 0 Å². The van der Waals surface area contributed by atoms with Gasteiger partial charge in [-0.1, -0.05) is 109 Å². The highest BCUT2D eigenvalue weighted by atomic mass is 32.1. The molecule has 4 heteroatoms. The Morgan fingerprint density at radius 1 is 0.759 bits per heavy atom. The van der Waals surface area contributed by atoms with E-state index in [1.54, 1.807) is 6.07 Å². The average molecular weight is 418 g/mol. The van der Waals surface area contributed by atoms with E-state index in [1.807, 2.05) is 18.2 Å². The third kappa shape index (κ3) is 8.86. The van der Waals surface area contributed by atoms with Crippen LogP contribution in [-0.2, 0) is 0 Å². The van der Waals surface area contributed by atoms with Gasteiger partial charge < -0.3 is 0 Å². The van der Waals surface area contributed by atoms with Gasteiger partial charge in [0, 0.05) is 6.42 Å². The lowest BCUT2D eigenvalue weighted by Crippen LogP contribution is -2.20. The summed E-state index contributed by atoms with van der Waals surface area (Å²) in [5.74, 6) is -0.0501. The Morgan fingerprint density at radius 3 is 1.76 bits per heavy atom. The maximum atomic E-state index is 12.3. The molecular weight excluding hydrogens is 378 g/mol. The summed E-state index contributed by atoms with van der Waals surface area (Å²) in [6.45, 7) is 2.27. The summed E-state index contributed by atoms with van der Waals surface area (Å²) in [6.07, 6.45) is 20.2. The first-order valence-corrected chi connectivity index (χ1v) is 12.7. The van der Waals surface area contributed by atoms with Crippen LogP contribution in [0.1, 0.15) is 114 Å². The summed E-state index contributed by atoms with van der Waals surface area (Å²) in [5, 5.41) is 0.655. The summed E-state index contributed by atoms with van der Waals surface area (Å²) >= 11 is 1.27. The fourth-order valence-corrected chi connectivity index (χ4v) is 4.85. The number of unbranched alkanes of at least 4 members (excludes halogenated alkanes) is 14. The normalized spacial score (nSPS) is 11.3. The minimum Gasteiger partial charge on any atom is -0.273 e. The van der Waals surface area contributed by atoms with Crippen LogP contribution in [0, 0.1) is 0 Å². The third-order valence-corrected chi connectivity index (χ3v) is 6.82. The molecule has 0 fully saturated rings. The number of benzene rings is 1. The molecule has 0 saturated heterocycles. The first-order chi connectivity index (χ1) is 14.2. The van der Waals surface area contributed by atoms with Crippen molar-refractivity contribution in [2.45, 2.75) is 110 Å². The highest BCUT2D eigenvalue weighted by Gasteiger charge is 2.12. The molecular formula is C25H39NO2S. The molecule has 0 aliphatic carbocycles. The van der Waals surface area contributed by atoms with Gasteiger partial charge in [0.25, 0.3) is 5.56 Å². The van der Waals surface area contributed by atoms with Gasteiger partial charge in [-0.25, -0.2) is 0 Å². The van der Waals surface area contributed by atoms with Crippen molar-refractivity contribution in [2.75, 3.05) is 0 Å². The van der Waals surface area contributed by atoms with Crippen LogP contribution in [0.25, 0.3) is 10.1 Å². The van der Waals surface area contributed by atoms with Crippen LogP contribution in [-0.4, -0.2) is 9.86 Å². The molecule has 0 atom stereocenters. The molecule has 162 valence electrons. The van der Waals surface area contributed by atoms with Crippen LogP contribution in [0.4, 0.5) is 0 Å². The molecule has 0 aliphatic heterocycles. The number of hydrogen-bond acceptors (Lipinski definition) is 3. The lowest BCUT2D eigenvalue weighted by molar-refractivity contribution is 0.0908. The van der Waals surface area contributed by atoms with E-state index in [-0.39, 0.29) is 11.5 Å². The standard InChI is InChI=1S/C25H39NO2S/c1-2-3-4-5-6-7-8-9-10-11-12-13-14-15-16-21-24(27)26-25(28)22-19-17-18-20-23(22)29-26/h17-20H,2-16,21H2,1H3. The van der Waals surface area contributed by atoms with Crippen molar-refractivity contribution in [3.8, 4) is 0 Å². The van der Waals surface area contributed by atoms with Crippen molar-refractivity contribution in [2.24, 2.45) is 0 Å². The minimum atomic E-state index is -0.156. The highest BCUT2D eigenvalue weighted by molar-refractivity contribution is 7.14. The molecule has 3 nitrogen and oxygen atoms in total. The van der Waals surface area contributed by atoms with Crippen molar-refractivity contribution in [3.05, 3.63) is 34.6 Å². The number of carbonyl (C=O) groups is 1. The predicted octanol–water partition coefficient (Wildman–Crippen LogP) is 7.96. The zero-order valence-corrected chi connectivity index (χ0v) is 19.1. The molecule has 29 heavy (non-hydrogen) atoms. The fraction of sp³-hybridized carbons (Fsp3) is 0.680. The maximum absolute atomic E-state index is 12.3. The van der Waals surface area contributed by atoms with E-state index in [9.17, 15) is 9.59 Å². The molecule has 0 spiro atoms. The number of carbonyl (C=O) groups excluding carboxylic acids is 1. The van der Waals surface area contributed by atoms with Crippen LogP contribution in [0.3, 0.4) is 0 Å². The summed E-state index contributed by atoms with van der Waals surface area (Å²) in [7, 11) is 0. The average Bonchev–Trinajstić information content (AvgIpc) is 3.07. The number of hydrogen-bond donors (Lipinski definition) is 0. The Kier molecular flexibility index (Phi) is 12.0. The predicted molar refractivity (Wildman–Crippen MR) is 126 cm³/mol. The smallest absolute Gasteiger partial charge is 0.273 e. The molecule has 0 saturated carbocycles. The van der Waals surface area contributed by atoms with E-state index in [4.69, 9.17) is 0 Å². The first kappa shape index (κ1) is 23.9. The van der Waals surface area contributed by atoms with E-state index < -0.39 is 0 Å². The van der Waals surface area contributed by atoms with Gasteiger partial charge >= 0.3 is 0 Å². The van der Waals surface area contributed by atoms with Gasteiger partial charge in [-0.15, -0.1) is 0 Å². The van der Waals surface area contributed by atoms with E-state index in [0.717, 1.165) is 17.5 Å². The lowest BCUT2D eigenvalue weighted by Gasteiger charge is -2.03. The summed E-state index contributed by atoms with van der Waals surface area (Å²) in [5.41, 5.74) is -0.156. The molecule has 2 aromatic rings. The molecule has 0 amide bonds. The SMILES string of the molecule is CCCCCCCCCCCCCCCCCC(=O)n1sc2ccccc2c1=O. The topological polar surface area (TPSA) is 39.1 Å². The Balaban J connectivity index is 1.44. The zero-order valence-electron chi connectivity index (χ0n) is 18.3. The van der Waals surface area contributed by atoms with Gasteiger partial charge in [-0.2, -0.15) is 3.96 Å². The van der Waals surface area contributed by atoms with Crippen molar-refractivity contribution in [1.82, 2.24) is 3.96 Å². The Morgan fingerprint density at radius 2 is 1.24 bits per heavy atom. The molecule has 0 N–H and O–H groups in total. The van der Waals surface area contributed by atoms with Gasteiger partial charge in [-0.3, -0.25) is 9.59 Å². The van der Waals surface area contributed by atoms with Crippen molar-refractivity contribution >= 4 is 27.5 Å². The van der Waals surface area contributed by atoms with Crippen LogP contribution in [0.5, 0.6) is 0 Å². The molecule has 0 aliphatic rings. The first-order valence-electron chi connectivity index (χ1n) is 11.9. The van der Waals surface area contributed by atoms with E-state index in [2.05, 4.69) is 6.92 Å². The zero-order chi connectivity index (χ0) is 20.7. The molecule has 1 aromatic heterocycles. The van der Waals surface area contributed by atoms with Gasteiger partial charge in [-0.05, 0) is 30.1 Å². The molecule has 1 aromatic carbocycles. The molecule has 0 radical (unpaired) electrons. The molecule has 0 unspecified atom stereocenters. The summed E-state index contributed by atoms with van der Waals surface area (Å²) in [6, 6.07) is 7.45. The Hall–Kier alpha value is -1.42. The fourth-order valence-electron chi connectivity index (χ4n) is 3.89. The van der Waals surface area contributed by atoms with Crippen LogP contribution < -0.4 is 5.56 Å². The van der Waals surface area contributed by atoms with Gasteiger partial charge in [0.05, 0.1) is 10.1 Å². The number of rotatable bonds is 16. The van der Waals surface area contributed by atoms with E-state index in [1.165, 1.54) is 99.0 Å². The van der Waals surface area contributed by atoms with Crippen molar-refractivity contribution in [1.29, 1.82) is 0 Å². The molecule has 1 heterocycles. The van der Waals surface area contributed by atoms with Crippen LogP contribution in [0.2, 0.25) is 0 Å². The highest BCUT2D eigenvalue weighted by Crippen LogP contribution is 2.17. The third-order valence-electron chi connectivity index (χ3n) is 5.71. The molecule has 2 rings (SSSR count). The monoisotopic (exact) mass is 417 g/mol. The second-order valence-corrected chi connectivity index (χ2v) is 9.27. The van der Waals surface area contributed by atoms with Gasteiger partial charge in [0.2, 0.25) is 5.91 Å². The molecule has 0 bridgehead atoms. The Labute approximate surface area is 180 Å². The Bertz CT molecular complexity index is 762. The number of fused-ring (bicyclic) bond motifs is 1. The van der Waals surface area contributed by atoms with Crippen LogP contribution in [0.15, 0.2) is 29.1 Å². The number of nitrogens with zero attached hydrogens (tertiary/aromatic N) is 1. The largest absolute Gasteiger partial charge is 0.275 e.